The van der Waals surface area contributed by atoms with Crippen molar-refractivity contribution in [2.75, 3.05) is 13.6 Å². The zero-order valence-corrected chi connectivity index (χ0v) is 10.00. The van der Waals surface area contributed by atoms with Gasteiger partial charge in [0.15, 0.2) is 0 Å². The monoisotopic (exact) mass is 238 g/mol. The van der Waals surface area contributed by atoms with Gasteiger partial charge in [0.05, 0.1) is 6.04 Å². The molecule has 1 saturated heterocycles. The average Bonchev–Trinajstić information content (AvgIpc) is 2.57. The summed E-state index contributed by atoms with van der Waals surface area (Å²) in [5.41, 5.74) is 1.11. The molecule has 1 unspecified atom stereocenters. The van der Waals surface area contributed by atoms with Crippen molar-refractivity contribution in [3.63, 3.8) is 0 Å². The van der Waals surface area contributed by atoms with Crippen LogP contribution in [0.2, 0.25) is 5.02 Å². The summed E-state index contributed by atoms with van der Waals surface area (Å²) < 4.78 is 0. The molecule has 0 radical (unpaired) electrons. The highest BCUT2D eigenvalue weighted by molar-refractivity contribution is 6.30. The van der Waals surface area contributed by atoms with Crippen LogP contribution in [0.1, 0.15) is 12.0 Å². The largest absolute Gasteiger partial charge is 0.344 e. The molecule has 1 aromatic carbocycles. The summed E-state index contributed by atoms with van der Waals surface area (Å²) in [6, 6.07) is 7.64. The van der Waals surface area contributed by atoms with E-state index < -0.39 is 0 Å². The number of likely N-dealkylation sites (tertiary alicyclic amines) is 1. The predicted molar refractivity (Wildman–Crippen MR) is 64.3 cm³/mol. The number of carbonyl (C=O) groups excluding carboxylic acids is 1. The lowest BCUT2D eigenvalue weighted by atomic mass is 10.2. The van der Waals surface area contributed by atoms with Gasteiger partial charge < -0.3 is 10.2 Å². The fraction of sp³-hybridized carbons (Fsp3) is 0.417. The Morgan fingerprint density at radius 3 is 3.00 bits per heavy atom. The molecule has 1 aromatic rings. The van der Waals surface area contributed by atoms with Gasteiger partial charge in [0, 0.05) is 25.2 Å². The molecule has 2 rings (SSSR count). The van der Waals surface area contributed by atoms with Gasteiger partial charge in [-0.05, 0) is 24.1 Å². The normalized spacial score (nSPS) is 20.5. The van der Waals surface area contributed by atoms with Gasteiger partial charge in [0.1, 0.15) is 0 Å². The Balaban J connectivity index is 1.90. The first-order valence-electron chi connectivity index (χ1n) is 5.39. The van der Waals surface area contributed by atoms with Crippen LogP contribution in [0, 0.1) is 0 Å². The van der Waals surface area contributed by atoms with Crippen molar-refractivity contribution >= 4 is 17.5 Å². The van der Waals surface area contributed by atoms with E-state index in [0.29, 0.717) is 6.54 Å². The van der Waals surface area contributed by atoms with Crippen molar-refractivity contribution in [3.8, 4) is 0 Å². The van der Waals surface area contributed by atoms with E-state index in [4.69, 9.17) is 11.6 Å². The van der Waals surface area contributed by atoms with Gasteiger partial charge in [-0.2, -0.15) is 0 Å². The van der Waals surface area contributed by atoms with Crippen LogP contribution < -0.4 is 5.32 Å². The summed E-state index contributed by atoms with van der Waals surface area (Å²) in [5, 5.41) is 3.99. The minimum Gasteiger partial charge on any atom is -0.344 e. The van der Waals surface area contributed by atoms with Crippen LogP contribution in [0.4, 0.5) is 0 Å². The highest BCUT2D eigenvalue weighted by Crippen LogP contribution is 2.12. The van der Waals surface area contributed by atoms with Crippen molar-refractivity contribution in [3.05, 3.63) is 34.9 Å². The maximum atomic E-state index is 11.6. The molecule has 1 atom stereocenters. The molecule has 3 nitrogen and oxygen atoms in total. The van der Waals surface area contributed by atoms with Crippen LogP contribution in [0.15, 0.2) is 24.3 Å². The van der Waals surface area contributed by atoms with Crippen LogP contribution in [0.5, 0.6) is 0 Å². The zero-order chi connectivity index (χ0) is 11.5. The van der Waals surface area contributed by atoms with E-state index >= 15 is 0 Å². The molecular weight excluding hydrogens is 224 g/mol. The SMILES string of the molecule is CN1CCC(NCc2cccc(Cl)c2)C1=O. The first-order chi connectivity index (χ1) is 7.66. The fourth-order valence-electron chi connectivity index (χ4n) is 1.90. The lowest BCUT2D eigenvalue weighted by molar-refractivity contribution is -0.128. The molecule has 1 amide bonds. The van der Waals surface area contributed by atoms with Crippen LogP contribution >= 0.6 is 11.6 Å². The fourth-order valence-corrected chi connectivity index (χ4v) is 2.11. The number of amides is 1. The molecule has 1 N–H and O–H groups in total. The first kappa shape index (κ1) is 11.4. The predicted octanol–water partition coefficient (Wildman–Crippen LogP) is 1.66. The lowest BCUT2D eigenvalue weighted by Crippen LogP contribution is -2.36. The molecule has 1 heterocycles. The van der Waals surface area contributed by atoms with E-state index in [2.05, 4.69) is 5.32 Å². The summed E-state index contributed by atoms with van der Waals surface area (Å²) in [4.78, 5) is 13.4. The van der Waals surface area contributed by atoms with E-state index in [9.17, 15) is 4.79 Å². The smallest absolute Gasteiger partial charge is 0.239 e. The van der Waals surface area contributed by atoms with Crippen molar-refractivity contribution in [1.82, 2.24) is 10.2 Å². The highest BCUT2D eigenvalue weighted by Gasteiger charge is 2.28. The Labute approximate surface area is 100 Å². The molecule has 1 aliphatic rings. The van der Waals surface area contributed by atoms with Crippen molar-refractivity contribution in [2.45, 2.75) is 19.0 Å². The highest BCUT2D eigenvalue weighted by atomic mass is 35.5. The third-order valence-corrected chi connectivity index (χ3v) is 3.10. The lowest BCUT2D eigenvalue weighted by Gasteiger charge is -2.12. The molecule has 0 aromatic heterocycles. The molecule has 1 fully saturated rings. The summed E-state index contributed by atoms with van der Waals surface area (Å²) >= 11 is 5.89. The number of nitrogens with one attached hydrogen (secondary N) is 1. The second kappa shape index (κ2) is 4.85. The van der Waals surface area contributed by atoms with Crippen LogP contribution in [-0.4, -0.2) is 30.4 Å². The van der Waals surface area contributed by atoms with Crippen LogP contribution in [-0.2, 0) is 11.3 Å². The first-order valence-corrected chi connectivity index (χ1v) is 5.77. The van der Waals surface area contributed by atoms with Gasteiger partial charge in [-0.25, -0.2) is 0 Å². The summed E-state index contributed by atoms with van der Waals surface area (Å²) in [7, 11) is 1.84. The molecule has 0 aliphatic carbocycles. The number of likely N-dealkylation sites (N-methyl/N-ethyl adjacent to an activating group) is 1. The van der Waals surface area contributed by atoms with Gasteiger partial charge in [0.25, 0.3) is 0 Å². The minimum atomic E-state index is -0.0380. The Morgan fingerprint density at radius 2 is 2.38 bits per heavy atom. The summed E-state index contributed by atoms with van der Waals surface area (Å²) in [6.45, 7) is 1.52. The molecule has 1 aliphatic heterocycles. The Kier molecular flexibility index (Phi) is 3.46. The van der Waals surface area contributed by atoms with Crippen LogP contribution in [0.25, 0.3) is 0 Å². The molecule has 16 heavy (non-hydrogen) atoms. The number of carbonyl (C=O) groups is 1. The molecule has 0 bridgehead atoms. The van der Waals surface area contributed by atoms with E-state index in [0.717, 1.165) is 23.6 Å². The second-order valence-corrected chi connectivity index (χ2v) is 4.55. The van der Waals surface area contributed by atoms with E-state index in [1.165, 1.54) is 0 Å². The molecule has 4 heteroatoms. The zero-order valence-electron chi connectivity index (χ0n) is 9.24. The molecule has 86 valence electrons. The Hall–Kier alpha value is -1.06. The van der Waals surface area contributed by atoms with E-state index in [1.807, 2.05) is 31.3 Å². The van der Waals surface area contributed by atoms with Gasteiger partial charge in [-0.1, -0.05) is 23.7 Å². The maximum absolute atomic E-state index is 11.6. The van der Waals surface area contributed by atoms with Gasteiger partial charge in [-0.3, -0.25) is 4.79 Å². The number of hydrogen-bond acceptors (Lipinski definition) is 2. The van der Waals surface area contributed by atoms with Crippen molar-refractivity contribution in [2.24, 2.45) is 0 Å². The third-order valence-electron chi connectivity index (χ3n) is 2.87. The third kappa shape index (κ3) is 2.54. The number of nitrogens with zero attached hydrogens (tertiary/aromatic N) is 1. The topological polar surface area (TPSA) is 32.3 Å². The standard InChI is InChI=1S/C12H15ClN2O/c1-15-6-5-11(12(15)16)14-8-9-3-2-4-10(13)7-9/h2-4,7,11,14H,5-6,8H2,1H3. The van der Waals surface area contributed by atoms with E-state index in [-0.39, 0.29) is 11.9 Å². The quantitative estimate of drug-likeness (QED) is 0.869. The van der Waals surface area contributed by atoms with Gasteiger partial charge in [0.2, 0.25) is 5.91 Å². The minimum absolute atomic E-state index is 0.0380. The molecule has 0 spiro atoms. The Morgan fingerprint density at radius 1 is 1.56 bits per heavy atom. The summed E-state index contributed by atoms with van der Waals surface area (Å²) in [5.74, 6) is 0.182. The van der Waals surface area contributed by atoms with E-state index in [1.54, 1.807) is 4.90 Å². The number of benzene rings is 1. The average molecular weight is 239 g/mol. The van der Waals surface area contributed by atoms with Crippen molar-refractivity contribution in [1.29, 1.82) is 0 Å². The maximum Gasteiger partial charge on any atom is 0.239 e. The van der Waals surface area contributed by atoms with Crippen LogP contribution in [0.3, 0.4) is 0 Å². The molecule has 0 saturated carbocycles. The molecular formula is C12H15ClN2O. The second-order valence-electron chi connectivity index (χ2n) is 4.11. The number of rotatable bonds is 3. The Bertz CT molecular complexity index is 394. The number of hydrogen-bond donors (Lipinski definition) is 1. The number of halogens is 1. The van der Waals surface area contributed by atoms with Gasteiger partial charge in [-0.15, -0.1) is 0 Å². The summed E-state index contributed by atoms with van der Waals surface area (Å²) in [6.07, 6.45) is 0.885. The van der Waals surface area contributed by atoms with Gasteiger partial charge >= 0.3 is 0 Å². The van der Waals surface area contributed by atoms with Crippen molar-refractivity contribution < 1.29 is 4.79 Å².